The molecule has 104 valence electrons. The zero-order valence-electron chi connectivity index (χ0n) is 10.7. The van der Waals surface area contributed by atoms with Crippen molar-refractivity contribution in [1.82, 2.24) is 5.32 Å². The fourth-order valence-electron chi connectivity index (χ4n) is 1.68. The van der Waals surface area contributed by atoms with Crippen molar-refractivity contribution in [3.05, 3.63) is 47.3 Å². The Morgan fingerprint density at radius 1 is 1.63 bits per heavy atom. The third-order valence-corrected chi connectivity index (χ3v) is 3.06. The van der Waals surface area contributed by atoms with Gasteiger partial charge in [-0.15, -0.1) is 6.58 Å². The summed E-state index contributed by atoms with van der Waals surface area (Å²) in [6, 6.07) is 3.54. The Kier molecular flexibility index (Phi) is 5.99. The zero-order valence-corrected chi connectivity index (χ0v) is 11.5. The number of rotatable bonds is 6. The minimum Gasteiger partial charge on any atom is -0.386 e. The van der Waals surface area contributed by atoms with Gasteiger partial charge in [0.2, 0.25) is 5.91 Å². The predicted octanol–water partition coefficient (Wildman–Crippen LogP) is 2.98. The largest absolute Gasteiger partial charge is 0.386 e. The van der Waals surface area contributed by atoms with Gasteiger partial charge < -0.3 is 10.4 Å². The van der Waals surface area contributed by atoms with Crippen molar-refractivity contribution in [3.63, 3.8) is 0 Å². The smallest absolute Gasteiger partial charge is 0.220 e. The molecule has 3 nitrogen and oxygen atoms in total. The Balaban J connectivity index is 2.74. The van der Waals surface area contributed by atoms with Gasteiger partial charge in [-0.1, -0.05) is 23.7 Å². The van der Waals surface area contributed by atoms with E-state index in [1.807, 2.05) is 0 Å². The van der Waals surface area contributed by atoms with Gasteiger partial charge in [-0.05, 0) is 25.5 Å². The van der Waals surface area contributed by atoms with Crippen molar-refractivity contribution in [3.8, 4) is 0 Å². The zero-order chi connectivity index (χ0) is 14.4. The number of halogens is 2. The minimum absolute atomic E-state index is 0.000636. The maximum Gasteiger partial charge on any atom is 0.220 e. The number of amides is 1. The van der Waals surface area contributed by atoms with E-state index in [1.54, 1.807) is 13.0 Å². The van der Waals surface area contributed by atoms with Crippen LogP contribution in [0.2, 0.25) is 5.02 Å². The van der Waals surface area contributed by atoms with Crippen LogP contribution in [-0.4, -0.2) is 17.1 Å². The van der Waals surface area contributed by atoms with E-state index in [0.29, 0.717) is 6.42 Å². The number of benzene rings is 1. The average molecular weight is 286 g/mol. The molecule has 0 saturated heterocycles. The lowest BCUT2D eigenvalue weighted by Crippen LogP contribution is -2.37. The van der Waals surface area contributed by atoms with Gasteiger partial charge in [0.05, 0.1) is 6.04 Å². The Morgan fingerprint density at radius 2 is 2.32 bits per heavy atom. The Morgan fingerprint density at radius 3 is 2.89 bits per heavy atom. The van der Waals surface area contributed by atoms with E-state index in [-0.39, 0.29) is 22.9 Å². The van der Waals surface area contributed by atoms with Crippen LogP contribution in [0, 0.1) is 5.82 Å². The number of aliphatic hydroxyl groups excluding tert-OH is 1. The lowest BCUT2D eigenvalue weighted by atomic mass is 10.0. The second kappa shape index (κ2) is 7.26. The van der Waals surface area contributed by atoms with Gasteiger partial charge in [0, 0.05) is 17.0 Å². The number of carbonyl (C=O) groups is 1. The van der Waals surface area contributed by atoms with Gasteiger partial charge >= 0.3 is 0 Å². The molecule has 0 aromatic heterocycles. The molecule has 0 saturated carbocycles. The standard InChI is InChI=1S/C14H17ClFNO2/c1-3-4-8-12(18)17-9(2)14(19)13-10(15)6-5-7-11(13)16/h3,5-7,9,14,19H,1,4,8H2,2H3,(H,17,18)/t9-,14+/m1/s1. The van der Waals surface area contributed by atoms with Crippen LogP contribution in [-0.2, 0) is 4.79 Å². The van der Waals surface area contributed by atoms with E-state index < -0.39 is 18.0 Å². The minimum atomic E-state index is -1.19. The molecule has 2 N–H and O–H groups in total. The van der Waals surface area contributed by atoms with Crippen LogP contribution in [0.1, 0.15) is 31.4 Å². The fraction of sp³-hybridized carbons (Fsp3) is 0.357. The molecule has 0 fully saturated rings. The van der Waals surface area contributed by atoms with Crippen LogP contribution in [0.4, 0.5) is 4.39 Å². The summed E-state index contributed by atoms with van der Waals surface area (Å²) in [4.78, 5) is 11.5. The highest BCUT2D eigenvalue weighted by Crippen LogP contribution is 2.27. The van der Waals surface area contributed by atoms with E-state index >= 15 is 0 Å². The fourth-order valence-corrected chi connectivity index (χ4v) is 1.96. The maximum absolute atomic E-state index is 13.6. The SMILES string of the molecule is C=CCCC(=O)N[C@H](C)[C@H](O)c1c(F)cccc1Cl. The molecule has 1 aromatic rings. The summed E-state index contributed by atoms with van der Waals surface area (Å²) in [5, 5.41) is 12.8. The number of hydrogen-bond donors (Lipinski definition) is 2. The number of hydrogen-bond acceptors (Lipinski definition) is 2. The lowest BCUT2D eigenvalue weighted by molar-refractivity contribution is -0.122. The number of carbonyl (C=O) groups excluding carboxylic acids is 1. The van der Waals surface area contributed by atoms with E-state index in [1.165, 1.54) is 18.2 Å². The van der Waals surface area contributed by atoms with E-state index in [0.717, 1.165) is 0 Å². The predicted molar refractivity (Wildman–Crippen MR) is 73.4 cm³/mol. The molecule has 2 atom stereocenters. The molecule has 19 heavy (non-hydrogen) atoms. The first-order valence-electron chi connectivity index (χ1n) is 5.99. The molecule has 0 bridgehead atoms. The normalized spacial score (nSPS) is 13.7. The van der Waals surface area contributed by atoms with Crippen LogP contribution >= 0.6 is 11.6 Å². The van der Waals surface area contributed by atoms with Gasteiger partial charge in [0.25, 0.3) is 0 Å². The number of allylic oxidation sites excluding steroid dienone is 1. The highest BCUT2D eigenvalue weighted by atomic mass is 35.5. The van der Waals surface area contributed by atoms with Crippen LogP contribution in [0.3, 0.4) is 0 Å². The van der Waals surface area contributed by atoms with Crippen molar-refractivity contribution in [1.29, 1.82) is 0 Å². The van der Waals surface area contributed by atoms with Crippen LogP contribution in [0.5, 0.6) is 0 Å². The molecule has 0 aliphatic carbocycles. The first kappa shape index (κ1) is 15.7. The third kappa shape index (κ3) is 4.33. The summed E-state index contributed by atoms with van der Waals surface area (Å²) in [5.74, 6) is -0.814. The van der Waals surface area contributed by atoms with Crippen molar-refractivity contribution in [2.45, 2.75) is 31.9 Å². The monoisotopic (exact) mass is 285 g/mol. The first-order valence-corrected chi connectivity index (χ1v) is 6.37. The molecule has 0 radical (unpaired) electrons. The second-order valence-corrected chi connectivity index (χ2v) is 4.67. The number of nitrogens with one attached hydrogen (secondary N) is 1. The van der Waals surface area contributed by atoms with Gasteiger partial charge in [0.1, 0.15) is 11.9 Å². The van der Waals surface area contributed by atoms with Crippen molar-refractivity contribution >= 4 is 17.5 Å². The summed E-state index contributed by atoms with van der Waals surface area (Å²) in [7, 11) is 0. The Bertz CT molecular complexity index is 445. The van der Waals surface area contributed by atoms with Gasteiger partial charge in [-0.25, -0.2) is 4.39 Å². The number of aliphatic hydroxyl groups is 1. The summed E-state index contributed by atoms with van der Waals surface area (Å²) in [6.45, 7) is 5.12. The van der Waals surface area contributed by atoms with Crippen molar-refractivity contribution < 1.29 is 14.3 Å². The van der Waals surface area contributed by atoms with Gasteiger partial charge in [0.15, 0.2) is 0 Å². The highest BCUT2D eigenvalue weighted by Gasteiger charge is 2.23. The molecule has 0 aliphatic heterocycles. The Labute approximate surface area is 117 Å². The average Bonchev–Trinajstić information content (AvgIpc) is 2.35. The van der Waals surface area contributed by atoms with Crippen LogP contribution < -0.4 is 5.32 Å². The molecule has 1 aromatic carbocycles. The molecular formula is C14H17ClFNO2. The summed E-state index contributed by atoms with van der Waals surface area (Å²) in [5.41, 5.74) is 0.000636. The molecular weight excluding hydrogens is 269 g/mol. The Hall–Kier alpha value is -1.39. The maximum atomic E-state index is 13.6. The summed E-state index contributed by atoms with van der Waals surface area (Å²) >= 11 is 5.86. The molecule has 5 heteroatoms. The van der Waals surface area contributed by atoms with Gasteiger partial charge in [-0.2, -0.15) is 0 Å². The van der Waals surface area contributed by atoms with E-state index in [9.17, 15) is 14.3 Å². The lowest BCUT2D eigenvalue weighted by Gasteiger charge is -2.21. The van der Waals surface area contributed by atoms with E-state index in [4.69, 9.17) is 11.6 Å². The topological polar surface area (TPSA) is 49.3 Å². The molecule has 1 amide bonds. The van der Waals surface area contributed by atoms with Crippen molar-refractivity contribution in [2.75, 3.05) is 0 Å². The molecule has 0 aliphatic rings. The quantitative estimate of drug-likeness (QED) is 0.790. The molecule has 0 unspecified atom stereocenters. The van der Waals surface area contributed by atoms with Crippen molar-refractivity contribution in [2.24, 2.45) is 0 Å². The highest BCUT2D eigenvalue weighted by molar-refractivity contribution is 6.31. The van der Waals surface area contributed by atoms with Crippen LogP contribution in [0.25, 0.3) is 0 Å². The molecule has 0 heterocycles. The van der Waals surface area contributed by atoms with Gasteiger partial charge in [-0.3, -0.25) is 4.79 Å². The van der Waals surface area contributed by atoms with E-state index in [2.05, 4.69) is 11.9 Å². The molecule has 1 rings (SSSR count). The summed E-state index contributed by atoms with van der Waals surface area (Å²) < 4.78 is 13.6. The second-order valence-electron chi connectivity index (χ2n) is 4.26. The molecule has 0 spiro atoms. The van der Waals surface area contributed by atoms with Crippen LogP contribution in [0.15, 0.2) is 30.9 Å². The third-order valence-electron chi connectivity index (χ3n) is 2.73. The summed E-state index contributed by atoms with van der Waals surface area (Å²) in [6.07, 6.45) is 1.27. The first-order chi connectivity index (χ1) is 8.97.